The van der Waals surface area contributed by atoms with Crippen LogP contribution in [0.1, 0.15) is 32.4 Å². The van der Waals surface area contributed by atoms with Gasteiger partial charge in [0.2, 0.25) is 5.91 Å². The SMILES string of the molecule is C[C@@H](c1ccccc1)N1CC(C)(C)C1=O. The normalized spacial score (nSPS) is 21.0. The van der Waals surface area contributed by atoms with Crippen molar-refractivity contribution in [3.8, 4) is 0 Å². The van der Waals surface area contributed by atoms with Gasteiger partial charge in [-0.3, -0.25) is 4.79 Å². The number of nitrogens with zero attached hydrogens (tertiary/aromatic N) is 1. The van der Waals surface area contributed by atoms with E-state index in [1.54, 1.807) is 0 Å². The van der Waals surface area contributed by atoms with Gasteiger partial charge < -0.3 is 4.90 Å². The lowest BCUT2D eigenvalue weighted by Gasteiger charge is -2.48. The van der Waals surface area contributed by atoms with Gasteiger partial charge in [0, 0.05) is 6.54 Å². The van der Waals surface area contributed by atoms with Gasteiger partial charge in [-0.05, 0) is 26.3 Å². The van der Waals surface area contributed by atoms with Crippen molar-refractivity contribution < 1.29 is 4.79 Å². The summed E-state index contributed by atoms with van der Waals surface area (Å²) in [4.78, 5) is 13.8. The number of benzene rings is 1. The number of carbonyl (C=O) groups is 1. The van der Waals surface area contributed by atoms with E-state index in [0.717, 1.165) is 6.54 Å². The summed E-state index contributed by atoms with van der Waals surface area (Å²) >= 11 is 0. The number of hydrogen-bond donors (Lipinski definition) is 0. The first kappa shape index (κ1) is 10.2. The third-order valence-electron chi connectivity index (χ3n) is 3.15. The molecule has 1 aromatic rings. The van der Waals surface area contributed by atoms with Crippen LogP contribution in [-0.4, -0.2) is 17.4 Å². The van der Waals surface area contributed by atoms with Gasteiger partial charge in [0.1, 0.15) is 0 Å². The Balaban J connectivity index is 2.12. The van der Waals surface area contributed by atoms with E-state index in [2.05, 4.69) is 19.1 Å². The van der Waals surface area contributed by atoms with Crippen LogP contribution in [0.3, 0.4) is 0 Å². The zero-order valence-electron chi connectivity index (χ0n) is 9.53. The van der Waals surface area contributed by atoms with Crippen molar-refractivity contribution in [3.63, 3.8) is 0 Å². The summed E-state index contributed by atoms with van der Waals surface area (Å²) in [6, 6.07) is 10.4. The van der Waals surface area contributed by atoms with E-state index in [4.69, 9.17) is 0 Å². The molecule has 2 rings (SSSR count). The maximum Gasteiger partial charge on any atom is 0.230 e. The third-order valence-corrected chi connectivity index (χ3v) is 3.15. The predicted molar refractivity (Wildman–Crippen MR) is 60.4 cm³/mol. The summed E-state index contributed by atoms with van der Waals surface area (Å²) in [7, 11) is 0. The summed E-state index contributed by atoms with van der Waals surface area (Å²) in [5.41, 5.74) is 1.06. The summed E-state index contributed by atoms with van der Waals surface area (Å²) in [5.74, 6) is 0.263. The summed E-state index contributed by atoms with van der Waals surface area (Å²) in [5, 5.41) is 0. The maximum atomic E-state index is 11.8. The number of carbonyl (C=O) groups excluding carboxylic acids is 1. The zero-order chi connectivity index (χ0) is 11.1. The first-order valence-corrected chi connectivity index (χ1v) is 5.38. The van der Waals surface area contributed by atoms with Crippen molar-refractivity contribution in [1.29, 1.82) is 0 Å². The van der Waals surface area contributed by atoms with E-state index in [1.807, 2.05) is 36.9 Å². The molecule has 0 aromatic heterocycles. The fraction of sp³-hybridized carbons (Fsp3) is 0.462. The van der Waals surface area contributed by atoms with Gasteiger partial charge in [-0.2, -0.15) is 0 Å². The van der Waals surface area contributed by atoms with Gasteiger partial charge in [0.05, 0.1) is 11.5 Å². The van der Waals surface area contributed by atoms with Crippen molar-refractivity contribution in [3.05, 3.63) is 35.9 Å². The van der Waals surface area contributed by atoms with Gasteiger partial charge in [0.15, 0.2) is 0 Å². The smallest absolute Gasteiger partial charge is 0.230 e. The second kappa shape index (κ2) is 3.37. The number of β-lactam (4-membered cyclic amide) rings is 1. The Morgan fingerprint density at radius 2 is 1.87 bits per heavy atom. The van der Waals surface area contributed by atoms with E-state index < -0.39 is 0 Å². The van der Waals surface area contributed by atoms with Crippen LogP contribution in [0, 0.1) is 5.41 Å². The van der Waals surface area contributed by atoms with Crippen LogP contribution >= 0.6 is 0 Å². The molecule has 1 amide bonds. The number of hydrogen-bond acceptors (Lipinski definition) is 1. The molecule has 2 nitrogen and oxygen atoms in total. The second-order valence-electron chi connectivity index (χ2n) is 4.90. The third kappa shape index (κ3) is 1.65. The van der Waals surface area contributed by atoms with Gasteiger partial charge >= 0.3 is 0 Å². The van der Waals surface area contributed by atoms with Crippen LogP contribution in [0.5, 0.6) is 0 Å². The molecule has 1 aromatic carbocycles. The molecule has 0 saturated carbocycles. The van der Waals surface area contributed by atoms with E-state index >= 15 is 0 Å². The number of rotatable bonds is 2. The standard InChI is InChI=1S/C13H17NO/c1-10(11-7-5-4-6-8-11)14-9-13(2,3)12(14)15/h4-8,10H,9H2,1-3H3/t10-/m0/s1. The minimum absolute atomic E-state index is 0.150. The minimum atomic E-state index is -0.150. The molecule has 1 aliphatic rings. The van der Waals surface area contributed by atoms with Crippen LogP contribution in [0.15, 0.2) is 30.3 Å². The fourth-order valence-corrected chi connectivity index (χ4v) is 2.09. The highest BCUT2D eigenvalue weighted by molar-refractivity contribution is 5.88. The molecule has 0 aliphatic carbocycles. The molecule has 80 valence electrons. The molecule has 0 bridgehead atoms. The highest BCUT2D eigenvalue weighted by atomic mass is 16.2. The average molecular weight is 203 g/mol. The lowest BCUT2D eigenvalue weighted by Crippen LogP contribution is -2.58. The van der Waals surface area contributed by atoms with Crippen molar-refractivity contribution in [2.24, 2.45) is 5.41 Å². The van der Waals surface area contributed by atoms with Gasteiger partial charge in [0.25, 0.3) is 0 Å². The average Bonchev–Trinajstić information content (AvgIpc) is 2.26. The zero-order valence-corrected chi connectivity index (χ0v) is 9.53. The molecule has 0 spiro atoms. The lowest BCUT2D eigenvalue weighted by atomic mass is 9.81. The monoisotopic (exact) mass is 203 g/mol. The topological polar surface area (TPSA) is 20.3 Å². The van der Waals surface area contributed by atoms with Crippen LogP contribution in [0.4, 0.5) is 0 Å². The predicted octanol–water partition coefficient (Wildman–Crippen LogP) is 2.62. The first-order chi connectivity index (χ1) is 7.02. The van der Waals surface area contributed by atoms with E-state index in [9.17, 15) is 4.79 Å². The molecule has 2 heteroatoms. The van der Waals surface area contributed by atoms with E-state index in [-0.39, 0.29) is 17.4 Å². The van der Waals surface area contributed by atoms with Gasteiger partial charge in [-0.1, -0.05) is 30.3 Å². The van der Waals surface area contributed by atoms with Crippen molar-refractivity contribution in [2.75, 3.05) is 6.54 Å². The quantitative estimate of drug-likeness (QED) is 0.677. The Hall–Kier alpha value is -1.31. The van der Waals surface area contributed by atoms with Gasteiger partial charge in [-0.15, -0.1) is 0 Å². The van der Waals surface area contributed by atoms with Crippen LogP contribution < -0.4 is 0 Å². The summed E-state index contributed by atoms with van der Waals surface area (Å²) in [6.45, 7) is 6.96. The largest absolute Gasteiger partial charge is 0.334 e. The number of amides is 1. The lowest BCUT2D eigenvalue weighted by molar-refractivity contribution is -0.160. The van der Waals surface area contributed by atoms with Crippen molar-refractivity contribution in [2.45, 2.75) is 26.8 Å². The number of likely N-dealkylation sites (tertiary alicyclic amines) is 1. The fourth-order valence-electron chi connectivity index (χ4n) is 2.09. The maximum absolute atomic E-state index is 11.8. The van der Waals surface area contributed by atoms with Crippen molar-refractivity contribution >= 4 is 5.91 Å². The molecular weight excluding hydrogens is 186 g/mol. The Morgan fingerprint density at radius 3 is 2.33 bits per heavy atom. The summed E-state index contributed by atoms with van der Waals surface area (Å²) < 4.78 is 0. The Labute approximate surface area is 90.9 Å². The van der Waals surface area contributed by atoms with E-state index in [0.29, 0.717) is 0 Å². The molecule has 1 fully saturated rings. The molecule has 0 N–H and O–H groups in total. The molecule has 0 unspecified atom stereocenters. The Bertz CT molecular complexity index is 369. The van der Waals surface area contributed by atoms with Crippen molar-refractivity contribution in [1.82, 2.24) is 4.90 Å². The molecule has 0 radical (unpaired) electrons. The Kier molecular flexibility index (Phi) is 2.29. The second-order valence-corrected chi connectivity index (χ2v) is 4.90. The molecule has 15 heavy (non-hydrogen) atoms. The minimum Gasteiger partial charge on any atom is -0.334 e. The van der Waals surface area contributed by atoms with Crippen LogP contribution in [0.25, 0.3) is 0 Å². The van der Waals surface area contributed by atoms with Crippen LogP contribution in [0.2, 0.25) is 0 Å². The Morgan fingerprint density at radius 1 is 1.27 bits per heavy atom. The van der Waals surface area contributed by atoms with Crippen LogP contribution in [-0.2, 0) is 4.79 Å². The van der Waals surface area contributed by atoms with E-state index in [1.165, 1.54) is 5.56 Å². The molecule has 1 heterocycles. The molecule has 1 aliphatic heterocycles. The van der Waals surface area contributed by atoms with Gasteiger partial charge in [-0.25, -0.2) is 0 Å². The molecule has 1 saturated heterocycles. The summed E-state index contributed by atoms with van der Waals surface area (Å²) in [6.07, 6.45) is 0. The molecular formula is C13H17NO. The first-order valence-electron chi connectivity index (χ1n) is 5.38. The molecule has 1 atom stereocenters. The highest BCUT2D eigenvalue weighted by Crippen LogP contribution is 2.37. The highest BCUT2D eigenvalue weighted by Gasteiger charge is 2.46.